The standard InChI is InChI=1S/C21H20N2O3/c1-14-11-16(3)19(12-15(14)2)20(24)13-26-21(25)17-5-7-18(8-6-17)23-10-4-9-22-23/h4-12H,13H2,1-3H3. The summed E-state index contributed by atoms with van der Waals surface area (Å²) in [6.07, 6.45) is 3.50. The van der Waals surface area contributed by atoms with Crippen LogP contribution in [0.15, 0.2) is 54.9 Å². The Morgan fingerprint density at radius 2 is 1.69 bits per heavy atom. The van der Waals surface area contributed by atoms with E-state index in [1.54, 1.807) is 35.1 Å². The summed E-state index contributed by atoms with van der Waals surface area (Å²) in [7, 11) is 0. The number of hydrogen-bond donors (Lipinski definition) is 0. The lowest BCUT2D eigenvalue weighted by atomic mass is 9.98. The van der Waals surface area contributed by atoms with Gasteiger partial charge in [0.25, 0.3) is 0 Å². The second kappa shape index (κ2) is 7.35. The molecule has 0 saturated heterocycles. The van der Waals surface area contributed by atoms with Gasteiger partial charge in [-0.05, 0) is 73.9 Å². The number of benzene rings is 2. The number of ketones is 1. The topological polar surface area (TPSA) is 61.2 Å². The van der Waals surface area contributed by atoms with Crippen molar-refractivity contribution < 1.29 is 14.3 Å². The number of carbonyl (C=O) groups excluding carboxylic acids is 2. The summed E-state index contributed by atoms with van der Waals surface area (Å²) in [5.41, 5.74) is 4.89. The first kappa shape index (κ1) is 17.6. The number of carbonyl (C=O) groups is 2. The third kappa shape index (κ3) is 3.72. The lowest BCUT2D eigenvalue weighted by molar-refractivity contribution is 0.0474. The van der Waals surface area contributed by atoms with Crippen molar-refractivity contribution in [3.05, 3.63) is 82.7 Å². The van der Waals surface area contributed by atoms with Gasteiger partial charge in [-0.15, -0.1) is 0 Å². The van der Waals surface area contributed by atoms with Gasteiger partial charge < -0.3 is 4.74 Å². The summed E-state index contributed by atoms with van der Waals surface area (Å²) in [5, 5.41) is 4.13. The summed E-state index contributed by atoms with van der Waals surface area (Å²) in [4.78, 5) is 24.6. The minimum atomic E-state index is -0.521. The van der Waals surface area contributed by atoms with Crippen LogP contribution in [0.4, 0.5) is 0 Å². The summed E-state index contributed by atoms with van der Waals surface area (Å²) in [6.45, 7) is 5.57. The monoisotopic (exact) mass is 348 g/mol. The zero-order chi connectivity index (χ0) is 18.7. The summed E-state index contributed by atoms with van der Waals surface area (Å²) in [6, 6.07) is 12.5. The second-order valence-corrected chi connectivity index (χ2v) is 6.25. The molecule has 0 fully saturated rings. The normalized spacial score (nSPS) is 10.6. The van der Waals surface area contributed by atoms with Crippen LogP contribution in [0, 0.1) is 20.8 Å². The molecule has 1 aromatic heterocycles. The predicted molar refractivity (Wildman–Crippen MR) is 98.8 cm³/mol. The van der Waals surface area contributed by atoms with Crippen LogP contribution >= 0.6 is 0 Å². The maximum Gasteiger partial charge on any atom is 0.338 e. The van der Waals surface area contributed by atoms with E-state index in [1.807, 2.05) is 45.2 Å². The molecule has 0 aliphatic rings. The molecule has 2 aromatic carbocycles. The fourth-order valence-electron chi connectivity index (χ4n) is 2.72. The zero-order valence-corrected chi connectivity index (χ0v) is 15.0. The Balaban J connectivity index is 1.65. The van der Waals surface area contributed by atoms with Gasteiger partial charge in [0.05, 0.1) is 11.3 Å². The number of esters is 1. The molecule has 5 nitrogen and oxygen atoms in total. The van der Waals surface area contributed by atoms with E-state index >= 15 is 0 Å². The first-order valence-electron chi connectivity index (χ1n) is 8.34. The Bertz CT molecular complexity index is 942. The molecule has 26 heavy (non-hydrogen) atoms. The lowest BCUT2D eigenvalue weighted by Gasteiger charge is -2.10. The van der Waals surface area contributed by atoms with Crippen LogP contribution in [-0.4, -0.2) is 28.1 Å². The van der Waals surface area contributed by atoms with Gasteiger partial charge in [-0.3, -0.25) is 4.79 Å². The fraction of sp³-hybridized carbons (Fsp3) is 0.190. The molecule has 0 unspecified atom stereocenters. The molecule has 0 radical (unpaired) electrons. The van der Waals surface area contributed by atoms with Crippen LogP contribution in [0.1, 0.15) is 37.4 Å². The molecular weight excluding hydrogens is 328 g/mol. The van der Waals surface area contributed by atoms with Gasteiger partial charge in [-0.25, -0.2) is 9.48 Å². The van der Waals surface area contributed by atoms with Crippen LogP contribution in [0.25, 0.3) is 5.69 Å². The zero-order valence-electron chi connectivity index (χ0n) is 15.0. The fourth-order valence-corrected chi connectivity index (χ4v) is 2.72. The molecule has 3 rings (SSSR count). The smallest absolute Gasteiger partial charge is 0.338 e. The molecule has 1 heterocycles. The molecule has 0 amide bonds. The maximum atomic E-state index is 12.4. The third-order valence-corrected chi connectivity index (χ3v) is 4.35. The van der Waals surface area contributed by atoms with Gasteiger partial charge in [0.1, 0.15) is 0 Å². The quantitative estimate of drug-likeness (QED) is 0.519. The van der Waals surface area contributed by atoms with Crippen molar-refractivity contribution in [3.8, 4) is 5.69 Å². The van der Waals surface area contributed by atoms with Gasteiger partial charge in [0, 0.05) is 18.0 Å². The number of Topliss-reactive ketones (excluding diaryl/α,β-unsaturated/α-hetero) is 1. The van der Waals surface area contributed by atoms with E-state index in [1.165, 1.54) is 0 Å². The van der Waals surface area contributed by atoms with Crippen molar-refractivity contribution >= 4 is 11.8 Å². The average molecular weight is 348 g/mol. The first-order valence-corrected chi connectivity index (χ1v) is 8.34. The molecule has 5 heteroatoms. The molecule has 3 aromatic rings. The highest BCUT2D eigenvalue weighted by Crippen LogP contribution is 2.16. The minimum absolute atomic E-state index is 0.202. The lowest BCUT2D eigenvalue weighted by Crippen LogP contribution is -2.15. The minimum Gasteiger partial charge on any atom is -0.454 e. The van der Waals surface area contributed by atoms with Crippen LogP contribution in [0.5, 0.6) is 0 Å². The third-order valence-electron chi connectivity index (χ3n) is 4.35. The van der Waals surface area contributed by atoms with Gasteiger partial charge in [0.15, 0.2) is 6.61 Å². The number of nitrogens with zero attached hydrogens (tertiary/aromatic N) is 2. The summed E-state index contributed by atoms with van der Waals surface area (Å²) >= 11 is 0. The van der Waals surface area contributed by atoms with E-state index in [0.717, 1.165) is 22.4 Å². The average Bonchev–Trinajstić information content (AvgIpc) is 3.17. The van der Waals surface area contributed by atoms with E-state index in [2.05, 4.69) is 5.10 Å². The molecular formula is C21H20N2O3. The Kier molecular flexibility index (Phi) is 4.98. The Morgan fingerprint density at radius 1 is 1.00 bits per heavy atom. The Labute approximate surface area is 152 Å². The molecule has 0 spiro atoms. The van der Waals surface area contributed by atoms with Crippen molar-refractivity contribution in [2.24, 2.45) is 0 Å². The SMILES string of the molecule is Cc1cc(C)c(C(=O)COC(=O)c2ccc(-n3cccn3)cc2)cc1C. The number of ether oxygens (including phenoxy) is 1. The molecule has 0 atom stereocenters. The van der Waals surface area contributed by atoms with Crippen molar-refractivity contribution in [3.63, 3.8) is 0 Å². The Morgan fingerprint density at radius 3 is 2.35 bits per heavy atom. The van der Waals surface area contributed by atoms with Crippen LogP contribution in [-0.2, 0) is 4.74 Å². The van der Waals surface area contributed by atoms with Crippen molar-refractivity contribution in [2.45, 2.75) is 20.8 Å². The van der Waals surface area contributed by atoms with E-state index < -0.39 is 5.97 Å². The first-order chi connectivity index (χ1) is 12.5. The van der Waals surface area contributed by atoms with Gasteiger partial charge in [-0.2, -0.15) is 5.10 Å². The second-order valence-electron chi connectivity index (χ2n) is 6.25. The number of hydrogen-bond acceptors (Lipinski definition) is 4. The number of aromatic nitrogens is 2. The summed E-state index contributed by atoms with van der Waals surface area (Å²) in [5.74, 6) is -0.723. The van der Waals surface area contributed by atoms with Crippen LogP contribution in [0.2, 0.25) is 0 Å². The van der Waals surface area contributed by atoms with Gasteiger partial charge >= 0.3 is 5.97 Å². The van der Waals surface area contributed by atoms with E-state index in [9.17, 15) is 9.59 Å². The highest BCUT2D eigenvalue weighted by atomic mass is 16.5. The molecule has 0 aliphatic carbocycles. The summed E-state index contributed by atoms with van der Waals surface area (Å²) < 4.78 is 6.88. The largest absolute Gasteiger partial charge is 0.454 e. The van der Waals surface area contributed by atoms with Crippen molar-refractivity contribution in [1.82, 2.24) is 9.78 Å². The van der Waals surface area contributed by atoms with Crippen LogP contribution in [0.3, 0.4) is 0 Å². The maximum absolute atomic E-state index is 12.4. The number of rotatable bonds is 5. The molecule has 132 valence electrons. The van der Waals surface area contributed by atoms with Crippen LogP contribution < -0.4 is 0 Å². The van der Waals surface area contributed by atoms with E-state index in [-0.39, 0.29) is 12.4 Å². The highest BCUT2D eigenvalue weighted by Gasteiger charge is 2.14. The highest BCUT2D eigenvalue weighted by molar-refractivity contribution is 6.00. The Hall–Kier alpha value is -3.21. The van der Waals surface area contributed by atoms with Crippen molar-refractivity contribution in [2.75, 3.05) is 6.61 Å². The predicted octanol–water partition coefficient (Wildman–Crippen LogP) is 3.84. The van der Waals surface area contributed by atoms with Crippen molar-refractivity contribution in [1.29, 1.82) is 0 Å². The van der Waals surface area contributed by atoms with E-state index in [4.69, 9.17) is 4.74 Å². The van der Waals surface area contributed by atoms with Gasteiger partial charge in [-0.1, -0.05) is 6.07 Å². The molecule has 0 N–H and O–H groups in total. The molecule has 0 saturated carbocycles. The number of aryl methyl sites for hydroxylation is 3. The molecule has 0 bridgehead atoms. The molecule has 0 aliphatic heterocycles. The van der Waals surface area contributed by atoms with E-state index in [0.29, 0.717) is 11.1 Å². The van der Waals surface area contributed by atoms with Gasteiger partial charge in [0.2, 0.25) is 5.78 Å².